The summed E-state index contributed by atoms with van der Waals surface area (Å²) in [5.41, 5.74) is 2.14. The summed E-state index contributed by atoms with van der Waals surface area (Å²) in [6.07, 6.45) is 4.65. The molecular formula is C20H23ClN4O. The average molecular weight is 371 g/mol. The van der Waals surface area contributed by atoms with Gasteiger partial charge in [-0.3, -0.25) is 9.78 Å². The van der Waals surface area contributed by atoms with Gasteiger partial charge in [-0.1, -0.05) is 25.4 Å². The van der Waals surface area contributed by atoms with Crippen LogP contribution in [0.2, 0.25) is 5.02 Å². The Morgan fingerprint density at radius 2 is 2.12 bits per heavy atom. The molecule has 26 heavy (non-hydrogen) atoms. The van der Waals surface area contributed by atoms with Crippen molar-refractivity contribution < 1.29 is 4.79 Å². The number of halogens is 1. The van der Waals surface area contributed by atoms with Crippen LogP contribution in [-0.2, 0) is 6.54 Å². The first kappa shape index (κ1) is 18.4. The van der Waals surface area contributed by atoms with Gasteiger partial charge in [-0.15, -0.1) is 0 Å². The highest BCUT2D eigenvalue weighted by atomic mass is 35.5. The van der Waals surface area contributed by atoms with Crippen molar-refractivity contribution in [2.24, 2.45) is 0 Å². The van der Waals surface area contributed by atoms with E-state index in [1.807, 2.05) is 37.5 Å². The van der Waals surface area contributed by atoms with Gasteiger partial charge >= 0.3 is 0 Å². The van der Waals surface area contributed by atoms with Crippen LogP contribution < -0.4 is 5.32 Å². The van der Waals surface area contributed by atoms with E-state index in [0.717, 1.165) is 29.7 Å². The topological polar surface area (TPSA) is 59.8 Å². The molecular weight excluding hydrogens is 348 g/mol. The minimum atomic E-state index is -0.105. The molecule has 0 aliphatic heterocycles. The van der Waals surface area contributed by atoms with Gasteiger partial charge in [0.25, 0.3) is 5.91 Å². The first-order valence-corrected chi connectivity index (χ1v) is 9.19. The zero-order valence-corrected chi connectivity index (χ0v) is 16.0. The van der Waals surface area contributed by atoms with Crippen LogP contribution in [-0.4, -0.2) is 27.0 Å². The quantitative estimate of drug-likeness (QED) is 0.657. The summed E-state index contributed by atoms with van der Waals surface area (Å²) in [6.45, 7) is 7.54. The summed E-state index contributed by atoms with van der Waals surface area (Å²) < 4.78 is 2.14. The molecule has 1 N–H and O–H groups in total. The van der Waals surface area contributed by atoms with Crippen LogP contribution in [0.4, 0.5) is 0 Å². The fraction of sp³-hybridized carbons (Fsp3) is 0.350. The van der Waals surface area contributed by atoms with Crippen molar-refractivity contribution in [2.75, 3.05) is 6.54 Å². The fourth-order valence-corrected chi connectivity index (χ4v) is 3.21. The van der Waals surface area contributed by atoms with Gasteiger partial charge in [-0.2, -0.15) is 0 Å². The molecule has 0 atom stereocenters. The maximum atomic E-state index is 12.5. The third kappa shape index (κ3) is 4.05. The number of hydrogen-bond acceptors (Lipinski definition) is 3. The van der Waals surface area contributed by atoms with E-state index in [4.69, 9.17) is 11.6 Å². The summed E-state index contributed by atoms with van der Waals surface area (Å²) in [5.74, 6) is 1.35. The number of fused-ring (bicyclic) bond motifs is 1. The van der Waals surface area contributed by atoms with Crippen LogP contribution >= 0.6 is 11.6 Å². The van der Waals surface area contributed by atoms with E-state index < -0.39 is 0 Å². The molecule has 0 aliphatic rings. The smallest absolute Gasteiger partial charge is 0.253 e. The van der Waals surface area contributed by atoms with Crippen molar-refractivity contribution in [3.63, 3.8) is 0 Å². The largest absolute Gasteiger partial charge is 0.352 e. The van der Waals surface area contributed by atoms with Crippen LogP contribution in [0.3, 0.4) is 0 Å². The van der Waals surface area contributed by atoms with E-state index in [1.165, 1.54) is 0 Å². The minimum Gasteiger partial charge on any atom is -0.352 e. The summed E-state index contributed by atoms with van der Waals surface area (Å²) in [5, 5.41) is 4.49. The monoisotopic (exact) mass is 370 g/mol. The van der Waals surface area contributed by atoms with Gasteiger partial charge < -0.3 is 9.88 Å². The molecule has 1 amide bonds. The molecule has 0 radical (unpaired) electrons. The standard InChI is InChI=1S/C20H23ClN4O/c1-13(2)19-22-8-10-25(19)9-4-7-23-20(26)17-12-15-11-16(21)5-6-18(15)24-14(17)3/h5-6,8,10-13H,4,7,9H2,1-3H3,(H,23,26). The number of rotatable bonds is 6. The van der Waals surface area contributed by atoms with Gasteiger partial charge in [0.1, 0.15) is 5.82 Å². The van der Waals surface area contributed by atoms with Crippen LogP contribution in [0.25, 0.3) is 10.9 Å². The average Bonchev–Trinajstić information content (AvgIpc) is 3.07. The van der Waals surface area contributed by atoms with Crippen molar-refractivity contribution in [1.82, 2.24) is 19.9 Å². The lowest BCUT2D eigenvalue weighted by atomic mass is 10.1. The third-order valence-electron chi connectivity index (χ3n) is 4.34. The molecule has 0 unspecified atom stereocenters. The molecule has 3 aromatic rings. The Bertz CT molecular complexity index is 933. The first-order chi connectivity index (χ1) is 12.5. The first-order valence-electron chi connectivity index (χ1n) is 8.82. The molecule has 0 saturated carbocycles. The maximum Gasteiger partial charge on any atom is 0.253 e. The second-order valence-electron chi connectivity index (χ2n) is 6.70. The van der Waals surface area contributed by atoms with E-state index in [-0.39, 0.29) is 5.91 Å². The van der Waals surface area contributed by atoms with E-state index in [9.17, 15) is 4.79 Å². The van der Waals surface area contributed by atoms with Crippen molar-refractivity contribution in [3.05, 3.63) is 58.8 Å². The number of imidazole rings is 1. The third-order valence-corrected chi connectivity index (χ3v) is 4.57. The summed E-state index contributed by atoms with van der Waals surface area (Å²) in [6, 6.07) is 7.35. The molecule has 5 nitrogen and oxygen atoms in total. The second-order valence-corrected chi connectivity index (χ2v) is 7.14. The predicted molar refractivity (Wildman–Crippen MR) is 105 cm³/mol. The summed E-state index contributed by atoms with van der Waals surface area (Å²) in [4.78, 5) is 21.4. The van der Waals surface area contributed by atoms with Gasteiger partial charge in [-0.25, -0.2) is 4.98 Å². The fourth-order valence-electron chi connectivity index (χ4n) is 3.03. The number of benzene rings is 1. The van der Waals surface area contributed by atoms with Crippen molar-refractivity contribution in [1.29, 1.82) is 0 Å². The molecule has 6 heteroatoms. The predicted octanol–water partition coefficient (Wildman–Crippen LogP) is 4.34. The Morgan fingerprint density at radius 3 is 2.88 bits per heavy atom. The Kier molecular flexibility index (Phi) is 5.57. The van der Waals surface area contributed by atoms with Crippen LogP contribution in [0.15, 0.2) is 36.7 Å². The summed E-state index contributed by atoms with van der Waals surface area (Å²) in [7, 11) is 0. The number of aryl methyl sites for hydroxylation is 2. The lowest BCUT2D eigenvalue weighted by molar-refractivity contribution is 0.0952. The van der Waals surface area contributed by atoms with Gasteiger partial charge in [0.15, 0.2) is 0 Å². The minimum absolute atomic E-state index is 0.105. The van der Waals surface area contributed by atoms with E-state index in [0.29, 0.717) is 28.7 Å². The van der Waals surface area contributed by atoms with Crippen LogP contribution in [0.5, 0.6) is 0 Å². The van der Waals surface area contributed by atoms with Gasteiger partial charge in [0.05, 0.1) is 16.8 Å². The number of carbonyl (C=O) groups is 1. The molecule has 3 rings (SSSR count). The van der Waals surface area contributed by atoms with Gasteiger partial charge in [0.2, 0.25) is 0 Å². The van der Waals surface area contributed by atoms with Crippen molar-refractivity contribution in [2.45, 2.75) is 39.7 Å². The zero-order chi connectivity index (χ0) is 18.7. The lowest BCUT2D eigenvalue weighted by Crippen LogP contribution is -2.26. The van der Waals surface area contributed by atoms with E-state index in [1.54, 1.807) is 6.07 Å². The molecule has 0 spiro atoms. The SMILES string of the molecule is Cc1nc2ccc(Cl)cc2cc1C(=O)NCCCn1ccnc1C(C)C. The van der Waals surface area contributed by atoms with Gasteiger partial charge in [0, 0.05) is 41.8 Å². The number of nitrogens with zero attached hydrogens (tertiary/aromatic N) is 3. The second kappa shape index (κ2) is 7.87. The van der Waals surface area contributed by atoms with Gasteiger partial charge in [-0.05, 0) is 37.6 Å². The zero-order valence-electron chi connectivity index (χ0n) is 15.3. The summed E-state index contributed by atoms with van der Waals surface area (Å²) >= 11 is 6.04. The Balaban J connectivity index is 1.62. The molecule has 0 bridgehead atoms. The Morgan fingerprint density at radius 1 is 1.31 bits per heavy atom. The normalized spacial score (nSPS) is 11.3. The highest BCUT2D eigenvalue weighted by molar-refractivity contribution is 6.31. The number of pyridine rings is 1. The highest BCUT2D eigenvalue weighted by Crippen LogP contribution is 2.20. The lowest BCUT2D eigenvalue weighted by Gasteiger charge is -2.11. The molecule has 0 saturated heterocycles. The number of hydrogen-bond donors (Lipinski definition) is 1. The molecule has 2 aromatic heterocycles. The molecule has 1 aromatic carbocycles. The number of amides is 1. The van der Waals surface area contributed by atoms with E-state index >= 15 is 0 Å². The van der Waals surface area contributed by atoms with Crippen LogP contribution in [0, 0.1) is 6.92 Å². The van der Waals surface area contributed by atoms with Crippen molar-refractivity contribution >= 4 is 28.4 Å². The van der Waals surface area contributed by atoms with Crippen molar-refractivity contribution in [3.8, 4) is 0 Å². The number of carbonyl (C=O) groups excluding carboxylic acids is 1. The molecule has 0 aliphatic carbocycles. The molecule has 0 fully saturated rings. The Labute approximate surface area is 158 Å². The number of nitrogens with one attached hydrogen (secondary N) is 1. The number of aromatic nitrogens is 3. The maximum absolute atomic E-state index is 12.5. The van der Waals surface area contributed by atoms with Crippen LogP contribution in [0.1, 0.15) is 48.1 Å². The Hall–Kier alpha value is -2.40. The highest BCUT2D eigenvalue weighted by Gasteiger charge is 2.12. The molecule has 2 heterocycles. The molecule has 136 valence electrons. The van der Waals surface area contributed by atoms with E-state index in [2.05, 4.69) is 33.7 Å².